The second-order valence-electron chi connectivity index (χ2n) is 4.70. The van der Waals surface area contributed by atoms with Gasteiger partial charge in [-0.2, -0.15) is 0 Å². The molecule has 2 heterocycles. The molecule has 0 aromatic heterocycles. The first-order valence-electron chi connectivity index (χ1n) is 5.97. The fourth-order valence-corrected chi connectivity index (χ4v) is 2.86. The smallest absolute Gasteiger partial charge is 0.261 e. The van der Waals surface area contributed by atoms with Gasteiger partial charge in [-0.3, -0.25) is 29.4 Å². The molecule has 0 spiro atoms. The number of carbonyl (C=O) groups excluding carboxylic acids is 4. The molecule has 1 fully saturated rings. The summed E-state index contributed by atoms with van der Waals surface area (Å²) in [5.41, 5.74) is 0.597. The lowest BCUT2D eigenvalue weighted by Crippen LogP contribution is -2.50. The summed E-state index contributed by atoms with van der Waals surface area (Å²) >= 11 is 3.25. The SMILES string of the molecule is O=C1CC(N2C(=O)c3ccc(Br)cc3C2=O)CC(=O)N1. The van der Waals surface area contributed by atoms with E-state index in [0.29, 0.717) is 15.6 Å². The number of imide groups is 2. The summed E-state index contributed by atoms with van der Waals surface area (Å²) in [7, 11) is 0. The van der Waals surface area contributed by atoms with Gasteiger partial charge in [-0.15, -0.1) is 0 Å². The predicted octanol–water partition coefficient (Wildman–Crippen LogP) is 0.850. The Kier molecular flexibility index (Phi) is 2.93. The topological polar surface area (TPSA) is 83.6 Å². The fraction of sp³-hybridized carbons (Fsp3) is 0.231. The summed E-state index contributed by atoms with van der Waals surface area (Å²) in [4.78, 5) is 48.4. The number of hydrogen-bond acceptors (Lipinski definition) is 4. The highest BCUT2D eigenvalue weighted by Crippen LogP contribution is 2.29. The van der Waals surface area contributed by atoms with Crippen LogP contribution in [0.25, 0.3) is 0 Å². The molecule has 0 saturated carbocycles. The lowest BCUT2D eigenvalue weighted by Gasteiger charge is -2.28. The third kappa shape index (κ3) is 1.94. The number of halogens is 1. The summed E-state index contributed by atoms with van der Waals surface area (Å²) in [6.45, 7) is 0. The van der Waals surface area contributed by atoms with Gasteiger partial charge < -0.3 is 0 Å². The van der Waals surface area contributed by atoms with E-state index in [4.69, 9.17) is 0 Å². The van der Waals surface area contributed by atoms with Crippen LogP contribution in [0.5, 0.6) is 0 Å². The highest BCUT2D eigenvalue weighted by atomic mass is 79.9. The van der Waals surface area contributed by atoms with Crippen LogP contribution >= 0.6 is 15.9 Å². The van der Waals surface area contributed by atoms with Crippen LogP contribution in [-0.2, 0) is 9.59 Å². The molecule has 20 heavy (non-hydrogen) atoms. The second-order valence-corrected chi connectivity index (χ2v) is 5.62. The van der Waals surface area contributed by atoms with Gasteiger partial charge in [0.15, 0.2) is 0 Å². The molecule has 0 atom stereocenters. The van der Waals surface area contributed by atoms with Crippen molar-refractivity contribution >= 4 is 39.6 Å². The lowest BCUT2D eigenvalue weighted by molar-refractivity contribution is -0.134. The number of hydrogen-bond donors (Lipinski definition) is 1. The molecule has 1 N–H and O–H groups in total. The molecule has 3 rings (SSSR count). The first-order valence-corrected chi connectivity index (χ1v) is 6.77. The number of benzene rings is 1. The van der Waals surface area contributed by atoms with E-state index in [1.807, 2.05) is 0 Å². The number of fused-ring (bicyclic) bond motifs is 1. The first-order chi connectivity index (χ1) is 9.47. The molecule has 102 valence electrons. The maximum Gasteiger partial charge on any atom is 0.261 e. The largest absolute Gasteiger partial charge is 0.296 e. The molecule has 0 aliphatic carbocycles. The average Bonchev–Trinajstić information content (AvgIpc) is 2.60. The van der Waals surface area contributed by atoms with E-state index in [-0.39, 0.29) is 12.8 Å². The molecule has 0 unspecified atom stereocenters. The van der Waals surface area contributed by atoms with E-state index < -0.39 is 29.7 Å². The van der Waals surface area contributed by atoms with Crippen molar-refractivity contribution in [3.05, 3.63) is 33.8 Å². The Bertz CT molecular complexity index is 654. The monoisotopic (exact) mass is 336 g/mol. The number of nitrogens with one attached hydrogen (secondary N) is 1. The fourth-order valence-electron chi connectivity index (χ4n) is 2.50. The Morgan fingerprint density at radius 2 is 1.60 bits per heavy atom. The van der Waals surface area contributed by atoms with Gasteiger partial charge in [-0.25, -0.2) is 0 Å². The number of piperidine rings is 1. The van der Waals surface area contributed by atoms with Crippen LogP contribution in [0.2, 0.25) is 0 Å². The molecular weight excluding hydrogens is 328 g/mol. The minimum absolute atomic E-state index is 0.0433. The molecule has 1 aromatic carbocycles. The number of nitrogens with zero attached hydrogens (tertiary/aromatic N) is 1. The molecule has 1 saturated heterocycles. The number of carbonyl (C=O) groups is 4. The zero-order valence-corrected chi connectivity index (χ0v) is 11.8. The van der Waals surface area contributed by atoms with E-state index in [1.165, 1.54) is 0 Å². The normalized spacial score (nSPS) is 19.4. The van der Waals surface area contributed by atoms with Gasteiger partial charge in [0, 0.05) is 17.3 Å². The van der Waals surface area contributed by atoms with Gasteiger partial charge >= 0.3 is 0 Å². The van der Waals surface area contributed by atoms with Crippen LogP contribution in [0.15, 0.2) is 22.7 Å². The Balaban J connectivity index is 1.97. The Morgan fingerprint density at radius 1 is 1.00 bits per heavy atom. The van der Waals surface area contributed by atoms with Crippen LogP contribution in [0, 0.1) is 0 Å². The van der Waals surface area contributed by atoms with Crippen LogP contribution in [-0.4, -0.2) is 34.6 Å². The van der Waals surface area contributed by atoms with Crippen molar-refractivity contribution in [3.8, 4) is 0 Å². The van der Waals surface area contributed by atoms with Crippen molar-refractivity contribution in [2.45, 2.75) is 18.9 Å². The van der Waals surface area contributed by atoms with Crippen LogP contribution in [0.4, 0.5) is 0 Å². The quantitative estimate of drug-likeness (QED) is 0.770. The first kappa shape index (κ1) is 13.0. The highest BCUT2D eigenvalue weighted by molar-refractivity contribution is 9.10. The molecule has 1 aromatic rings. The Morgan fingerprint density at radius 3 is 2.25 bits per heavy atom. The summed E-state index contributed by atoms with van der Waals surface area (Å²) in [5, 5.41) is 2.16. The molecule has 6 nitrogen and oxygen atoms in total. The number of amides is 4. The van der Waals surface area contributed by atoms with Gasteiger partial charge in [-0.1, -0.05) is 15.9 Å². The zero-order chi connectivity index (χ0) is 14.4. The van der Waals surface area contributed by atoms with Crippen molar-refractivity contribution < 1.29 is 19.2 Å². The average molecular weight is 337 g/mol. The molecule has 0 bridgehead atoms. The molecule has 7 heteroatoms. The molecule has 0 radical (unpaired) electrons. The predicted molar refractivity (Wildman–Crippen MR) is 70.8 cm³/mol. The highest BCUT2D eigenvalue weighted by Gasteiger charge is 2.42. The van der Waals surface area contributed by atoms with Crippen molar-refractivity contribution in [1.29, 1.82) is 0 Å². The minimum atomic E-state index is -0.706. The minimum Gasteiger partial charge on any atom is -0.296 e. The molecule has 2 aliphatic heterocycles. The van der Waals surface area contributed by atoms with Crippen LogP contribution in [0.1, 0.15) is 33.6 Å². The Hall–Kier alpha value is -2.02. The second kappa shape index (κ2) is 4.52. The standard InChI is InChI=1S/C13H9BrN2O4/c14-6-1-2-8-9(3-6)13(20)16(12(8)19)7-4-10(17)15-11(18)5-7/h1-3,7H,4-5H2,(H,15,17,18). The van der Waals surface area contributed by atoms with E-state index in [1.54, 1.807) is 18.2 Å². The summed E-state index contributed by atoms with van der Waals surface area (Å²) in [6.07, 6.45) is -0.0866. The maximum atomic E-state index is 12.3. The van der Waals surface area contributed by atoms with Gasteiger partial charge in [-0.05, 0) is 18.2 Å². The summed E-state index contributed by atoms with van der Waals surface area (Å²) < 4.78 is 0.691. The van der Waals surface area contributed by atoms with Gasteiger partial charge in [0.25, 0.3) is 11.8 Å². The van der Waals surface area contributed by atoms with Crippen molar-refractivity contribution in [1.82, 2.24) is 10.2 Å². The van der Waals surface area contributed by atoms with Gasteiger partial charge in [0.1, 0.15) is 0 Å². The lowest BCUT2D eigenvalue weighted by atomic mass is 10.0. The van der Waals surface area contributed by atoms with E-state index >= 15 is 0 Å². The van der Waals surface area contributed by atoms with Crippen molar-refractivity contribution in [2.24, 2.45) is 0 Å². The van der Waals surface area contributed by atoms with Crippen LogP contribution in [0.3, 0.4) is 0 Å². The van der Waals surface area contributed by atoms with Crippen molar-refractivity contribution in [3.63, 3.8) is 0 Å². The zero-order valence-electron chi connectivity index (χ0n) is 10.2. The third-order valence-electron chi connectivity index (χ3n) is 3.37. The third-order valence-corrected chi connectivity index (χ3v) is 3.86. The molecule has 2 aliphatic rings. The maximum absolute atomic E-state index is 12.3. The molecule has 4 amide bonds. The van der Waals surface area contributed by atoms with Crippen LogP contribution < -0.4 is 5.32 Å². The molecular formula is C13H9BrN2O4. The Labute approximate surface area is 122 Å². The summed E-state index contributed by atoms with van der Waals surface area (Å²) in [5.74, 6) is -1.85. The van der Waals surface area contributed by atoms with E-state index in [2.05, 4.69) is 21.2 Å². The van der Waals surface area contributed by atoms with E-state index in [9.17, 15) is 19.2 Å². The van der Waals surface area contributed by atoms with E-state index in [0.717, 1.165) is 4.90 Å². The van der Waals surface area contributed by atoms with Crippen molar-refractivity contribution in [2.75, 3.05) is 0 Å². The number of rotatable bonds is 1. The van der Waals surface area contributed by atoms with Gasteiger partial charge in [0.2, 0.25) is 11.8 Å². The summed E-state index contributed by atoms with van der Waals surface area (Å²) in [6, 6.07) is 4.10. The van der Waals surface area contributed by atoms with Gasteiger partial charge in [0.05, 0.1) is 17.2 Å².